The number of hydrogen-bond donors (Lipinski definition) is 2. The van der Waals surface area contributed by atoms with Crippen LogP contribution in [0.4, 0.5) is 4.79 Å². The molecule has 0 aliphatic carbocycles. The molecule has 1 aromatic heterocycles. The van der Waals surface area contributed by atoms with E-state index >= 15 is 0 Å². The molecule has 0 bridgehead atoms. The first-order valence-corrected chi connectivity index (χ1v) is 9.28. The third-order valence-electron chi connectivity index (χ3n) is 3.55. The molecule has 2 amide bonds. The van der Waals surface area contributed by atoms with E-state index in [2.05, 4.69) is 10.0 Å². The van der Waals surface area contributed by atoms with Crippen LogP contribution in [0, 0.1) is 0 Å². The number of furan rings is 1. The van der Waals surface area contributed by atoms with Gasteiger partial charge >= 0.3 is 6.03 Å². The van der Waals surface area contributed by atoms with E-state index in [4.69, 9.17) is 4.42 Å². The van der Waals surface area contributed by atoms with Gasteiger partial charge in [-0.25, -0.2) is 17.9 Å². The predicted octanol–water partition coefficient (Wildman–Crippen LogP) is 0.934. The van der Waals surface area contributed by atoms with Gasteiger partial charge in [0.15, 0.2) is 0 Å². The zero-order valence-electron chi connectivity index (χ0n) is 12.9. The summed E-state index contributed by atoms with van der Waals surface area (Å²) in [5.41, 5.74) is 0. The van der Waals surface area contributed by atoms with Gasteiger partial charge in [0.2, 0.25) is 10.0 Å². The summed E-state index contributed by atoms with van der Waals surface area (Å²) >= 11 is 0. The minimum atomic E-state index is -3.25. The van der Waals surface area contributed by atoms with E-state index in [1.807, 2.05) is 19.1 Å². The second kappa shape index (κ2) is 7.15. The fourth-order valence-corrected chi connectivity index (χ4v) is 3.44. The van der Waals surface area contributed by atoms with Crippen molar-refractivity contribution in [2.24, 2.45) is 0 Å². The summed E-state index contributed by atoms with van der Waals surface area (Å²) in [6.45, 7) is 2.95. The standard InChI is InChI=1S/C14H23N3O4S/c1-11(9-13-6-4-8-21-13)15-14(18)17-7-3-5-12(10-17)16-22(2,19)20/h4,6,8,11-12,16H,3,5,7,9-10H2,1-2H3,(H,15,18)/t11-,12+/m0/s1. The Bertz CT molecular complexity index is 585. The van der Waals surface area contributed by atoms with Crippen LogP contribution < -0.4 is 10.0 Å². The highest BCUT2D eigenvalue weighted by Crippen LogP contribution is 2.11. The highest BCUT2D eigenvalue weighted by molar-refractivity contribution is 7.88. The number of sulfonamides is 1. The average Bonchev–Trinajstić information content (AvgIpc) is 2.89. The number of carbonyl (C=O) groups excluding carboxylic acids is 1. The number of nitrogens with zero attached hydrogens (tertiary/aromatic N) is 1. The highest BCUT2D eigenvalue weighted by Gasteiger charge is 2.26. The van der Waals surface area contributed by atoms with Crippen LogP contribution in [-0.2, 0) is 16.4 Å². The summed E-state index contributed by atoms with van der Waals surface area (Å²) in [5, 5.41) is 2.92. The van der Waals surface area contributed by atoms with Crippen molar-refractivity contribution in [3.05, 3.63) is 24.2 Å². The largest absolute Gasteiger partial charge is 0.469 e. The van der Waals surface area contributed by atoms with Gasteiger partial charge < -0.3 is 14.6 Å². The molecule has 0 radical (unpaired) electrons. The van der Waals surface area contributed by atoms with Gasteiger partial charge in [-0.05, 0) is 31.9 Å². The summed E-state index contributed by atoms with van der Waals surface area (Å²) in [7, 11) is -3.25. The number of urea groups is 1. The number of carbonyl (C=O) groups is 1. The first kappa shape index (κ1) is 16.8. The maximum Gasteiger partial charge on any atom is 0.317 e. The fraction of sp³-hybridized carbons (Fsp3) is 0.643. The van der Waals surface area contributed by atoms with Crippen LogP contribution in [-0.4, -0.2) is 50.8 Å². The molecule has 22 heavy (non-hydrogen) atoms. The van der Waals surface area contributed by atoms with E-state index in [1.54, 1.807) is 11.2 Å². The zero-order chi connectivity index (χ0) is 16.2. The molecule has 2 N–H and O–H groups in total. The molecule has 1 aliphatic heterocycles. The Hall–Kier alpha value is -1.54. The van der Waals surface area contributed by atoms with E-state index in [9.17, 15) is 13.2 Å². The summed E-state index contributed by atoms with van der Waals surface area (Å²) in [6, 6.07) is 3.25. The van der Waals surface area contributed by atoms with E-state index in [-0.39, 0.29) is 18.1 Å². The van der Waals surface area contributed by atoms with Crippen molar-refractivity contribution < 1.29 is 17.6 Å². The van der Waals surface area contributed by atoms with Crippen molar-refractivity contribution in [3.8, 4) is 0 Å². The molecule has 124 valence electrons. The lowest BCUT2D eigenvalue weighted by Crippen LogP contribution is -2.53. The lowest BCUT2D eigenvalue weighted by Gasteiger charge is -2.33. The fourth-order valence-electron chi connectivity index (χ4n) is 2.64. The maximum absolute atomic E-state index is 12.3. The van der Waals surface area contributed by atoms with Crippen LogP contribution in [0.25, 0.3) is 0 Å². The second-order valence-electron chi connectivity index (χ2n) is 5.81. The molecule has 0 unspecified atom stereocenters. The van der Waals surface area contributed by atoms with E-state index in [1.165, 1.54) is 0 Å². The Balaban J connectivity index is 1.83. The summed E-state index contributed by atoms with van der Waals surface area (Å²) in [4.78, 5) is 13.9. The summed E-state index contributed by atoms with van der Waals surface area (Å²) in [6.07, 6.45) is 4.90. The van der Waals surface area contributed by atoms with Gasteiger partial charge in [0.1, 0.15) is 5.76 Å². The van der Waals surface area contributed by atoms with Gasteiger partial charge in [-0.2, -0.15) is 0 Å². The van der Waals surface area contributed by atoms with Crippen molar-refractivity contribution in [3.63, 3.8) is 0 Å². The Morgan fingerprint density at radius 3 is 2.95 bits per heavy atom. The van der Waals surface area contributed by atoms with Crippen LogP contribution in [0.1, 0.15) is 25.5 Å². The number of piperidine rings is 1. The second-order valence-corrected chi connectivity index (χ2v) is 7.59. The quantitative estimate of drug-likeness (QED) is 0.841. The average molecular weight is 329 g/mol. The lowest BCUT2D eigenvalue weighted by atomic mass is 10.1. The van der Waals surface area contributed by atoms with Crippen LogP contribution in [0.2, 0.25) is 0 Å². The highest BCUT2D eigenvalue weighted by atomic mass is 32.2. The molecule has 1 aliphatic rings. The van der Waals surface area contributed by atoms with Gasteiger partial charge in [-0.15, -0.1) is 0 Å². The Morgan fingerprint density at radius 1 is 1.55 bits per heavy atom. The SMILES string of the molecule is C[C@@H](Cc1ccco1)NC(=O)N1CCC[C@@H](NS(C)(=O)=O)C1. The van der Waals surface area contributed by atoms with Gasteiger partial charge in [0.05, 0.1) is 12.5 Å². The van der Waals surface area contributed by atoms with Crippen molar-refractivity contribution >= 4 is 16.1 Å². The van der Waals surface area contributed by atoms with Gasteiger partial charge in [-0.1, -0.05) is 0 Å². The Kier molecular flexibility index (Phi) is 5.47. The van der Waals surface area contributed by atoms with E-state index in [0.717, 1.165) is 24.9 Å². The minimum absolute atomic E-state index is 0.0538. The summed E-state index contributed by atoms with van der Waals surface area (Å²) in [5.74, 6) is 0.822. The minimum Gasteiger partial charge on any atom is -0.469 e. The van der Waals surface area contributed by atoms with Crippen molar-refractivity contribution in [1.29, 1.82) is 0 Å². The number of likely N-dealkylation sites (tertiary alicyclic amines) is 1. The molecule has 0 saturated carbocycles. The summed E-state index contributed by atoms with van der Waals surface area (Å²) < 4.78 is 30.4. The van der Waals surface area contributed by atoms with Crippen LogP contribution >= 0.6 is 0 Å². The first-order chi connectivity index (χ1) is 10.3. The molecule has 2 heterocycles. The first-order valence-electron chi connectivity index (χ1n) is 7.38. The van der Waals surface area contributed by atoms with Gasteiger partial charge in [0, 0.05) is 31.6 Å². The van der Waals surface area contributed by atoms with Crippen molar-refractivity contribution in [1.82, 2.24) is 14.9 Å². The van der Waals surface area contributed by atoms with E-state index < -0.39 is 10.0 Å². The number of amides is 2. The van der Waals surface area contributed by atoms with Crippen LogP contribution in [0.15, 0.2) is 22.8 Å². The van der Waals surface area contributed by atoms with Gasteiger partial charge in [-0.3, -0.25) is 0 Å². The Morgan fingerprint density at radius 2 is 2.32 bits per heavy atom. The third kappa shape index (κ3) is 5.34. The smallest absolute Gasteiger partial charge is 0.317 e. The molecular formula is C14H23N3O4S. The zero-order valence-corrected chi connectivity index (χ0v) is 13.7. The predicted molar refractivity (Wildman–Crippen MR) is 83.0 cm³/mol. The molecule has 0 aromatic carbocycles. The molecule has 2 atom stereocenters. The number of rotatable bonds is 5. The molecular weight excluding hydrogens is 306 g/mol. The maximum atomic E-state index is 12.3. The van der Waals surface area contributed by atoms with Crippen LogP contribution in [0.5, 0.6) is 0 Å². The number of hydrogen-bond acceptors (Lipinski definition) is 4. The number of nitrogens with one attached hydrogen (secondary N) is 2. The normalized spacial score (nSPS) is 20.6. The molecule has 7 nitrogen and oxygen atoms in total. The van der Waals surface area contributed by atoms with Crippen LogP contribution in [0.3, 0.4) is 0 Å². The lowest BCUT2D eigenvalue weighted by molar-refractivity contribution is 0.174. The van der Waals surface area contributed by atoms with Crippen molar-refractivity contribution in [2.45, 2.75) is 38.3 Å². The Labute approximate surface area is 131 Å². The molecule has 1 aromatic rings. The van der Waals surface area contributed by atoms with Gasteiger partial charge in [0.25, 0.3) is 0 Å². The monoisotopic (exact) mass is 329 g/mol. The molecule has 1 fully saturated rings. The third-order valence-corrected chi connectivity index (χ3v) is 4.31. The molecule has 2 rings (SSSR count). The van der Waals surface area contributed by atoms with E-state index in [0.29, 0.717) is 19.5 Å². The van der Waals surface area contributed by atoms with Crippen molar-refractivity contribution in [2.75, 3.05) is 19.3 Å². The molecule has 1 saturated heterocycles. The molecule has 0 spiro atoms. The molecule has 8 heteroatoms. The topological polar surface area (TPSA) is 91.7 Å².